The van der Waals surface area contributed by atoms with Crippen molar-refractivity contribution in [3.05, 3.63) is 0 Å². The molecule has 0 aromatic carbocycles. The van der Waals surface area contributed by atoms with Crippen LogP contribution in [0, 0.1) is 0 Å². The Kier molecular flexibility index (Phi) is 38.1. The van der Waals surface area contributed by atoms with E-state index in [1.807, 2.05) is 0 Å². The Bertz CT molecular complexity index is 71.7. The van der Waals surface area contributed by atoms with Gasteiger partial charge in [-0.05, 0) is 0 Å². The smallest absolute Gasteiger partial charge is 0.813 e. The molecule has 0 aliphatic carbocycles. The quantitative estimate of drug-likeness (QED) is 0.332. The Labute approximate surface area is 84.1 Å². The van der Waals surface area contributed by atoms with Crippen LogP contribution in [-0.2, 0) is 48.1 Å². The molecule has 0 aliphatic rings. The largest absolute Gasteiger partial charge is 2.00 e. The summed E-state index contributed by atoms with van der Waals surface area (Å²) in [7, 11) is -7.26. The van der Waals surface area contributed by atoms with Crippen LogP contribution >= 0.6 is 16.5 Å². The van der Waals surface area contributed by atoms with Gasteiger partial charge in [0, 0.05) is 0 Å². The zero-order valence-corrected chi connectivity index (χ0v) is 12.8. The van der Waals surface area contributed by atoms with Gasteiger partial charge < -0.3 is 28.7 Å². The second kappa shape index (κ2) is 16.9. The van der Waals surface area contributed by atoms with E-state index in [1.54, 1.807) is 0 Å². The van der Waals surface area contributed by atoms with Crippen molar-refractivity contribution >= 4 is 16.5 Å². The van der Waals surface area contributed by atoms with Crippen molar-refractivity contribution in [3.63, 3.8) is 0 Å². The number of hydrogen-bond donors (Lipinski definition) is 0. The molecule has 0 saturated carbocycles. The summed E-state index contributed by atoms with van der Waals surface area (Å²) >= 11 is 0. The standard InChI is InChI=1S/2H3O3P.2Zn/c2*1-4(2)3;;/h2*4H,(H2,1,2,3);;/q;;2*+2/p-4. The molecule has 10 heteroatoms. The third-order valence-corrected chi connectivity index (χ3v) is 0. The minimum Gasteiger partial charge on any atom is -0.813 e. The van der Waals surface area contributed by atoms with Crippen molar-refractivity contribution in [2.45, 2.75) is 0 Å². The molecule has 0 radical (unpaired) electrons. The van der Waals surface area contributed by atoms with E-state index in [-0.39, 0.29) is 39.0 Å². The molecule has 0 amide bonds. The number of hydrogen-bond acceptors (Lipinski definition) is 6. The molecular weight excluding hydrogens is 289 g/mol. The van der Waals surface area contributed by atoms with Gasteiger partial charge in [-0.3, -0.25) is 0 Å². The van der Waals surface area contributed by atoms with Gasteiger partial charge in [0.15, 0.2) is 0 Å². The Morgan fingerprint density at radius 2 is 0.700 bits per heavy atom. The second-order valence-corrected chi connectivity index (χ2v) is 1.50. The van der Waals surface area contributed by atoms with Gasteiger partial charge in [-0.1, -0.05) is 16.5 Å². The third-order valence-electron chi connectivity index (χ3n) is 0. The Hall–Kier alpha value is 1.55. The third kappa shape index (κ3) is 291. The average Bonchev–Trinajstić information content (AvgIpc) is 1.25. The van der Waals surface area contributed by atoms with Gasteiger partial charge in [-0.15, -0.1) is 0 Å². The topological polar surface area (TPSA) is 126 Å². The van der Waals surface area contributed by atoms with E-state index in [2.05, 4.69) is 0 Å². The van der Waals surface area contributed by atoms with E-state index in [1.165, 1.54) is 0 Å². The molecule has 0 aliphatic heterocycles. The summed E-state index contributed by atoms with van der Waals surface area (Å²) in [5.74, 6) is 0. The Morgan fingerprint density at radius 1 is 0.700 bits per heavy atom. The van der Waals surface area contributed by atoms with Crippen molar-refractivity contribution in [3.8, 4) is 0 Å². The van der Waals surface area contributed by atoms with E-state index in [4.69, 9.17) is 28.7 Å². The van der Waals surface area contributed by atoms with Crippen molar-refractivity contribution in [2.24, 2.45) is 0 Å². The van der Waals surface area contributed by atoms with Gasteiger partial charge in [0.05, 0.1) is 0 Å². The van der Waals surface area contributed by atoms with E-state index < -0.39 is 16.5 Å². The second-order valence-electron chi connectivity index (χ2n) is 0.500. The molecule has 0 aromatic rings. The van der Waals surface area contributed by atoms with Crippen molar-refractivity contribution in [1.29, 1.82) is 0 Å². The maximum atomic E-state index is 8.52. The van der Waals surface area contributed by atoms with Crippen LogP contribution in [0.25, 0.3) is 0 Å². The zero-order chi connectivity index (χ0) is 7.15. The van der Waals surface area contributed by atoms with Gasteiger partial charge in [0.25, 0.3) is 0 Å². The molecule has 0 atom stereocenters. The summed E-state index contributed by atoms with van der Waals surface area (Å²) < 4.78 is 17.0. The van der Waals surface area contributed by atoms with Crippen LogP contribution in [0.4, 0.5) is 0 Å². The zero-order valence-electron chi connectivity index (χ0n) is 4.86. The summed E-state index contributed by atoms with van der Waals surface area (Å²) in [5, 5.41) is 0. The summed E-state index contributed by atoms with van der Waals surface area (Å²) in [6, 6.07) is 0. The SMILES string of the molecule is O=[PH]([O-])[O-].O=[PH]([O-])[O-].[Zn+2].[Zn+2]. The van der Waals surface area contributed by atoms with E-state index >= 15 is 0 Å². The van der Waals surface area contributed by atoms with Crippen LogP contribution in [0.5, 0.6) is 0 Å². The minimum absolute atomic E-state index is 0. The van der Waals surface area contributed by atoms with Crippen LogP contribution in [0.1, 0.15) is 0 Å². The van der Waals surface area contributed by atoms with Crippen LogP contribution in [-0.4, -0.2) is 0 Å². The Morgan fingerprint density at radius 3 is 0.700 bits per heavy atom. The molecule has 0 N–H and O–H groups in total. The molecule has 0 aromatic heterocycles. The average molecular weight is 291 g/mol. The first kappa shape index (κ1) is 22.6. The van der Waals surface area contributed by atoms with Crippen molar-refractivity contribution in [2.75, 3.05) is 0 Å². The molecule has 0 fully saturated rings. The monoisotopic (exact) mass is 288 g/mol. The molecule has 0 bridgehead atoms. The molecule has 6 nitrogen and oxygen atoms in total. The summed E-state index contributed by atoms with van der Waals surface area (Å²) in [6.07, 6.45) is 0. The van der Waals surface area contributed by atoms with E-state index in [0.717, 1.165) is 0 Å². The predicted molar refractivity (Wildman–Crippen MR) is 18.0 cm³/mol. The fourth-order valence-corrected chi connectivity index (χ4v) is 0. The van der Waals surface area contributed by atoms with E-state index in [0.29, 0.717) is 0 Å². The number of rotatable bonds is 0. The maximum absolute atomic E-state index is 8.52. The minimum atomic E-state index is -3.63. The molecule has 52 valence electrons. The maximum Gasteiger partial charge on any atom is 2.00 e. The van der Waals surface area contributed by atoms with Crippen molar-refractivity contribution < 1.29 is 67.7 Å². The van der Waals surface area contributed by atoms with Crippen LogP contribution in [0.15, 0.2) is 0 Å². The molecule has 0 spiro atoms. The van der Waals surface area contributed by atoms with Gasteiger partial charge in [-0.2, -0.15) is 0 Å². The van der Waals surface area contributed by atoms with Gasteiger partial charge in [-0.25, -0.2) is 0 Å². The van der Waals surface area contributed by atoms with Gasteiger partial charge in [0.2, 0.25) is 0 Å². The van der Waals surface area contributed by atoms with Crippen LogP contribution in [0.3, 0.4) is 0 Å². The fraction of sp³-hybridized carbons (Fsp3) is 0. The van der Waals surface area contributed by atoms with Gasteiger partial charge >= 0.3 is 39.0 Å². The predicted octanol–water partition coefficient (Wildman–Crippen LogP) is -3.81. The van der Waals surface area contributed by atoms with Crippen LogP contribution in [0.2, 0.25) is 0 Å². The van der Waals surface area contributed by atoms with Crippen LogP contribution < -0.4 is 19.6 Å². The van der Waals surface area contributed by atoms with E-state index in [9.17, 15) is 0 Å². The molecule has 0 saturated heterocycles. The summed E-state index contributed by atoms with van der Waals surface area (Å²) in [4.78, 5) is 34.1. The Balaban J connectivity index is -0.0000000300. The van der Waals surface area contributed by atoms with Crippen molar-refractivity contribution in [1.82, 2.24) is 0 Å². The summed E-state index contributed by atoms with van der Waals surface area (Å²) in [5.41, 5.74) is 0. The molecule has 0 heterocycles. The first-order valence-corrected chi connectivity index (χ1v) is 3.67. The summed E-state index contributed by atoms with van der Waals surface area (Å²) in [6.45, 7) is 0. The first-order valence-electron chi connectivity index (χ1n) is 1.22. The van der Waals surface area contributed by atoms with Gasteiger partial charge in [0.1, 0.15) is 0 Å². The molecule has 10 heavy (non-hydrogen) atoms. The fourth-order valence-electron chi connectivity index (χ4n) is 0. The molecule has 0 rings (SSSR count). The first-order chi connectivity index (χ1) is 3.46. The molecule has 0 unspecified atom stereocenters. The molecular formula is H2O6P2Zn2. The normalized spacial score (nSPS) is 7.00.